The largest absolute Gasteiger partial charge is 0.357 e. The molecule has 1 heterocycles. The Morgan fingerprint density at radius 2 is 2.00 bits per heavy atom. The van der Waals surface area contributed by atoms with Gasteiger partial charge < -0.3 is 15.5 Å². The molecule has 0 atom stereocenters. The van der Waals surface area contributed by atoms with Crippen LogP contribution in [0.4, 0.5) is 0 Å². The van der Waals surface area contributed by atoms with E-state index in [1.54, 1.807) is 0 Å². The van der Waals surface area contributed by atoms with Gasteiger partial charge in [0, 0.05) is 24.7 Å². The van der Waals surface area contributed by atoms with Gasteiger partial charge in [0.15, 0.2) is 5.96 Å². The van der Waals surface area contributed by atoms with Crippen molar-refractivity contribution in [2.75, 3.05) is 26.2 Å². The van der Waals surface area contributed by atoms with Gasteiger partial charge >= 0.3 is 0 Å². The maximum atomic E-state index is 12.0. The van der Waals surface area contributed by atoms with Gasteiger partial charge in [-0.25, -0.2) is 4.99 Å². The third kappa shape index (κ3) is 4.91. The number of guanidine groups is 1. The highest BCUT2D eigenvalue weighted by Crippen LogP contribution is 2.15. The van der Waals surface area contributed by atoms with E-state index in [1.165, 1.54) is 0 Å². The summed E-state index contributed by atoms with van der Waals surface area (Å²) < 4.78 is 0. The van der Waals surface area contributed by atoms with E-state index in [1.807, 2.05) is 36.1 Å². The van der Waals surface area contributed by atoms with E-state index < -0.39 is 0 Å². The average Bonchev–Trinajstić information content (AvgIpc) is 3.05. The highest BCUT2D eigenvalue weighted by molar-refractivity contribution is 6.31. The van der Waals surface area contributed by atoms with Crippen LogP contribution in [-0.2, 0) is 11.3 Å². The number of nitrogens with one attached hydrogen (secondary N) is 2. The predicted octanol–water partition coefficient (Wildman–Crippen LogP) is 2.02. The molecule has 1 amide bonds. The number of benzene rings is 1. The van der Waals surface area contributed by atoms with Gasteiger partial charge in [-0.3, -0.25) is 4.79 Å². The third-order valence-corrected chi connectivity index (χ3v) is 3.94. The Hall–Kier alpha value is -1.75. The summed E-state index contributed by atoms with van der Waals surface area (Å²) in [5.41, 5.74) is 0.965. The van der Waals surface area contributed by atoms with E-state index in [4.69, 9.17) is 11.6 Å². The van der Waals surface area contributed by atoms with Crippen LogP contribution < -0.4 is 10.6 Å². The fourth-order valence-corrected chi connectivity index (χ4v) is 2.57. The fraction of sp³-hybridized carbons (Fsp3) is 0.500. The molecule has 0 aliphatic carbocycles. The van der Waals surface area contributed by atoms with Crippen molar-refractivity contribution >= 4 is 23.5 Å². The smallest absolute Gasteiger partial charge is 0.241 e. The highest BCUT2D eigenvalue weighted by Gasteiger charge is 2.17. The van der Waals surface area contributed by atoms with Gasteiger partial charge in [-0.2, -0.15) is 0 Å². The summed E-state index contributed by atoms with van der Waals surface area (Å²) in [5, 5.41) is 6.94. The molecule has 1 fully saturated rings. The number of nitrogens with zero attached hydrogens (tertiary/aromatic N) is 2. The van der Waals surface area contributed by atoms with E-state index in [9.17, 15) is 4.79 Å². The summed E-state index contributed by atoms with van der Waals surface area (Å²) >= 11 is 6.13. The lowest BCUT2D eigenvalue weighted by Gasteiger charge is -2.17. The van der Waals surface area contributed by atoms with Crippen LogP contribution in [0, 0.1) is 0 Å². The summed E-state index contributed by atoms with van der Waals surface area (Å²) in [7, 11) is 0. The second kappa shape index (κ2) is 8.63. The van der Waals surface area contributed by atoms with E-state index in [0.29, 0.717) is 17.5 Å². The number of amides is 1. The minimum Gasteiger partial charge on any atom is -0.357 e. The van der Waals surface area contributed by atoms with E-state index >= 15 is 0 Å². The van der Waals surface area contributed by atoms with Crippen molar-refractivity contribution in [3.63, 3.8) is 0 Å². The fourth-order valence-electron chi connectivity index (χ4n) is 2.37. The standard InChI is InChI=1S/C16H23ClN4O/c1-2-18-16(19-11-13-7-3-4-8-14(13)17)20-12-15(22)21-9-5-6-10-21/h3-4,7-8H,2,5-6,9-12H2,1H3,(H2,18,19,20). The summed E-state index contributed by atoms with van der Waals surface area (Å²) in [6, 6.07) is 7.64. The van der Waals surface area contributed by atoms with Crippen molar-refractivity contribution in [2.45, 2.75) is 26.3 Å². The molecule has 6 heteroatoms. The molecule has 0 unspecified atom stereocenters. The lowest BCUT2D eigenvalue weighted by Crippen LogP contribution is -2.44. The predicted molar refractivity (Wildman–Crippen MR) is 90.1 cm³/mol. The monoisotopic (exact) mass is 322 g/mol. The van der Waals surface area contributed by atoms with Gasteiger partial charge in [0.05, 0.1) is 13.1 Å². The molecule has 1 aliphatic rings. The second-order valence-corrected chi connectivity index (χ2v) is 5.64. The minimum atomic E-state index is 0.126. The highest BCUT2D eigenvalue weighted by atomic mass is 35.5. The Morgan fingerprint density at radius 3 is 2.68 bits per heavy atom. The quantitative estimate of drug-likeness (QED) is 0.644. The second-order valence-electron chi connectivity index (χ2n) is 5.23. The Labute approximate surface area is 136 Å². The first kappa shape index (κ1) is 16.6. The van der Waals surface area contributed by atoms with Crippen LogP contribution in [-0.4, -0.2) is 42.9 Å². The SMILES string of the molecule is CCNC(=NCc1ccccc1Cl)NCC(=O)N1CCCC1. The maximum Gasteiger partial charge on any atom is 0.241 e. The average molecular weight is 323 g/mol. The Morgan fingerprint density at radius 1 is 1.27 bits per heavy atom. The molecule has 0 spiro atoms. The Balaban J connectivity index is 1.89. The van der Waals surface area contributed by atoms with Crippen LogP contribution in [0.15, 0.2) is 29.3 Å². The Bertz CT molecular complexity index is 527. The number of likely N-dealkylation sites (tertiary alicyclic amines) is 1. The molecule has 1 aromatic carbocycles. The molecule has 22 heavy (non-hydrogen) atoms. The van der Waals surface area contributed by atoms with Crippen LogP contribution in [0.2, 0.25) is 5.02 Å². The molecule has 1 aliphatic heterocycles. The number of carbonyl (C=O) groups excluding carboxylic acids is 1. The molecule has 0 radical (unpaired) electrons. The van der Waals surface area contributed by atoms with E-state index in [2.05, 4.69) is 15.6 Å². The molecule has 1 saturated heterocycles. The van der Waals surface area contributed by atoms with Crippen molar-refractivity contribution in [1.29, 1.82) is 0 Å². The van der Waals surface area contributed by atoms with Crippen molar-refractivity contribution in [3.8, 4) is 0 Å². The molecule has 0 aromatic heterocycles. The lowest BCUT2D eigenvalue weighted by atomic mass is 10.2. The number of hydrogen-bond donors (Lipinski definition) is 2. The molecular formula is C16H23ClN4O. The molecule has 2 rings (SSSR count). The molecule has 0 bridgehead atoms. The zero-order valence-electron chi connectivity index (χ0n) is 12.9. The summed E-state index contributed by atoms with van der Waals surface area (Å²) in [5.74, 6) is 0.760. The zero-order valence-corrected chi connectivity index (χ0v) is 13.7. The third-order valence-electron chi connectivity index (χ3n) is 3.58. The molecular weight excluding hydrogens is 300 g/mol. The van der Waals surface area contributed by atoms with Gasteiger partial charge in [0.25, 0.3) is 0 Å². The van der Waals surface area contributed by atoms with Crippen LogP contribution >= 0.6 is 11.6 Å². The molecule has 5 nitrogen and oxygen atoms in total. The van der Waals surface area contributed by atoms with Crippen molar-refractivity contribution in [1.82, 2.24) is 15.5 Å². The van der Waals surface area contributed by atoms with Gasteiger partial charge in [0.1, 0.15) is 0 Å². The van der Waals surface area contributed by atoms with Gasteiger partial charge in [-0.05, 0) is 31.4 Å². The van der Waals surface area contributed by atoms with Gasteiger partial charge in [-0.15, -0.1) is 0 Å². The van der Waals surface area contributed by atoms with Gasteiger partial charge in [-0.1, -0.05) is 29.8 Å². The van der Waals surface area contributed by atoms with E-state index in [0.717, 1.165) is 38.0 Å². The topological polar surface area (TPSA) is 56.7 Å². The number of halogens is 1. The lowest BCUT2D eigenvalue weighted by molar-refractivity contribution is -0.128. The number of aliphatic imine (C=N–C) groups is 1. The first-order valence-corrected chi connectivity index (χ1v) is 8.12. The normalized spacial score (nSPS) is 15.0. The van der Waals surface area contributed by atoms with Crippen LogP contribution in [0.25, 0.3) is 0 Å². The number of hydrogen-bond acceptors (Lipinski definition) is 2. The summed E-state index contributed by atoms with van der Waals surface area (Å²) in [6.07, 6.45) is 2.21. The summed E-state index contributed by atoms with van der Waals surface area (Å²) in [4.78, 5) is 18.4. The number of rotatable bonds is 5. The van der Waals surface area contributed by atoms with Crippen LogP contribution in [0.5, 0.6) is 0 Å². The molecule has 2 N–H and O–H groups in total. The molecule has 0 saturated carbocycles. The van der Waals surface area contributed by atoms with Crippen molar-refractivity contribution in [3.05, 3.63) is 34.9 Å². The van der Waals surface area contributed by atoms with Crippen LogP contribution in [0.3, 0.4) is 0 Å². The maximum absolute atomic E-state index is 12.0. The van der Waals surface area contributed by atoms with E-state index in [-0.39, 0.29) is 12.5 Å². The first-order valence-electron chi connectivity index (χ1n) is 7.74. The van der Waals surface area contributed by atoms with Crippen molar-refractivity contribution < 1.29 is 4.79 Å². The van der Waals surface area contributed by atoms with Crippen LogP contribution in [0.1, 0.15) is 25.3 Å². The first-order chi connectivity index (χ1) is 10.7. The Kier molecular flexibility index (Phi) is 6.52. The molecule has 120 valence electrons. The zero-order chi connectivity index (χ0) is 15.8. The molecule has 1 aromatic rings. The van der Waals surface area contributed by atoms with Crippen molar-refractivity contribution in [2.24, 2.45) is 4.99 Å². The summed E-state index contributed by atoms with van der Waals surface area (Å²) in [6.45, 7) is 5.23. The van der Waals surface area contributed by atoms with Gasteiger partial charge in [0.2, 0.25) is 5.91 Å². The minimum absolute atomic E-state index is 0.126. The number of carbonyl (C=O) groups is 1.